The summed E-state index contributed by atoms with van der Waals surface area (Å²) in [7, 11) is 1.53. The molecule has 0 saturated carbocycles. The van der Waals surface area contributed by atoms with Crippen LogP contribution in [0.5, 0.6) is 0 Å². The van der Waals surface area contributed by atoms with Crippen molar-refractivity contribution in [2.24, 2.45) is 0 Å². The van der Waals surface area contributed by atoms with Crippen molar-refractivity contribution < 1.29 is 23.7 Å². The first kappa shape index (κ1) is 24.0. The van der Waals surface area contributed by atoms with Crippen LogP contribution in [0.25, 0.3) is 0 Å². The summed E-state index contributed by atoms with van der Waals surface area (Å²) in [6, 6.07) is 3.55. The number of carbonyl (C=O) groups is 1. The molecule has 1 saturated heterocycles. The molecule has 30 heavy (non-hydrogen) atoms. The number of methoxy groups -OCH3 is 1. The normalized spacial score (nSPS) is 23.7. The number of ether oxygens (including phenoxy) is 4. The standard InChI is InChI=1S/C20H30N4O6/c1-6-20(7-2)17(29-14(4)28-12-8-10-21)16(27-5)18(30-20)24-11-9-15(22-13(3)25)23-19(24)26/h9,11,14,16-18H,6-8,12H2,1-5H3,(H,22,23,25,26)/t14?,16?,17-,18-/m1/s1. The first-order valence-corrected chi connectivity index (χ1v) is 10.0. The average Bonchev–Trinajstić information content (AvgIpc) is 3.01. The van der Waals surface area contributed by atoms with Crippen molar-refractivity contribution >= 4 is 11.7 Å². The van der Waals surface area contributed by atoms with Crippen LogP contribution in [0.1, 0.15) is 53.2 Å². The molecule has 1 aromatic heterocycles. The second-order valence-electron chi connectivity index (χ2n) is 7.07. The van der Waals surface area contributed by atoms with Gasteiger partial charge < -0.3 is 24.3 Å². The number of hydrogen-bond acceptors (Lipinski definition) is 8. The van der Waals surface area contributed by atoms with Gasteiger partial charge in [-0.15, -0.1) is 0 Å². The summed E-state index contributed by atoms with van der Waals surface area (Å²) in [5.74, 6) is -0.151. The summed E-state index contributed by atoms with van der Waals surface area (Å²) >= 11 is 0. The number of aromatic nitrogens is 2. The molecule has 1 aliphatic rings. The van der Waals surface area contributed by atoms with Gasteiger partial charge >= 0.3 is 5.69 Å². The molecule has 0 aromatic carbocycles. The van der Waals surface area contributed by atoms with E-state index >= 15 is 0 Å². The van der Waals surface area contributed by atoms with Crippen molar-refractivity contribution in [3.8, 4) is 6.07 Å². The van der Waals surface area contributed by atoms with E-state index in [0.29, 0.717) is 12.8 Å². The molecular weight excluding hydrogens is 392 g/mol. The Kier molecular flexibility index (Phi) is 8.49. The molecule has 10 nitrogen and oxygen atoms in total. The summed E-state index contributed by atoms with van der Waals surface area (Å²) in [4.78, 5) is 27.8. The molecule has 10 heteroatoms. The molecular formula is C20H30N4O6. The molecule has 1 aliphatic heterocycles. The van der Waals surface area contributed by atoms with Crippen LogP contribution in [0.3, 0.4) is 0 Å². The second kappa shape index (κ2) is 10.6. The minimum atomic E-state index is -0.766. The molecule has 0 spiro atoms. The third kappa shape index (κ3) is 5.23. The number of hydrogen-bond donors (Lipinski definition) is 1. The van der Waals surface area contributed by atoms with Gasteiger partial charge in [0, 0.05) is 20.2 Å². The number of anilines is 1. The molecule has 1 N–H and O–H groups in total. The van der Waals surface area contributed by atoms with E-state index in [1.807, 2.05) is 19.9 Å². The number of nitrogens with one attached hydrogen (secondary N) is 1. The van der Waals surface area contributed by atoms with Crippen LogP contribution in [0, 0.1) is 11.3 Å². The average molecular weight is 422 g/mol. The van der Waals surface area contributed by atoms with Crippen LogP contribution in [0.2, 0.25) is 0 Å². The SMILES string of the molecule is CCC1(CC)O[C@@H](n2ccc(NC(C)=O)nc2=O)C(OC)[C@H]1OC(C)OCCC#N. The zero-order chi connectivity index (χ0) is 22.3. The highest BCUT2D eigenvalue weighted by atomic mass is 16.7. The molecule has 1 fully saturated rings. The molecule has 166 valence electrons. The largest absolute Gasteiger partial charge is 0.374 e. The van der Waals surface area contributed by atoms with Gasteiger partial charge in [-0.2, -0.15) is 10.2 Å². The predicted octanol–water partition coefficient (Wildman–Crippen LogP) is 1.97. The Morgan fingerprint density at radius 2 is 2.17 bits per heavy atom. The Morgan fingerprint density at radius 3 is 2.70 bits per heavy atom. The van der Waals surface area contributed by atoms with E-state index < -0.39 is 36.0 Å². The lowest BCUT2D eigenvalue weighted by Crippen LogP contribution is -2.47. The van der Waals surface area contributed by atoms with E-state index in [4.69, 9.17) is 24.2 Å². The summed E-state index contributed by atoms with van der Waals surface area (Å²) in [6.07, 6.45) is 0.570. The molecule has 2 rings (SSSR count). The lowest BCUT2D eigenvalue weighted by Gasteiger charge is -2.34. The van der Waals surface area contributed by atoms with Gasteiger partial charge in [-0.25, -0.2) is 4.79 Å². The third-order valence-corrected chi connectivity index (χ3v) is 5.24. The van der Waals surface area contributed by atoms with Gasteiger partial charge in [-0.3, -0.25) is 9.36 Å². The highest BCUT2D eigenvalue weighted by Gasteiger charge is 2.56. The van der Waals surface area contributed by atoms with Gasteiger partial charge in [-0.05, 0) is 25.8 Å². The van der Waals surface area contributed by atoms with E-state index in [1.54, 1.807) is 6.92 Å². The lowest BCUT2D eigenvalue weighted by atomic mass is 9.89. The van der Waals surface area contributed by atoms with E-state index in [1.165, 1.54) is 30.9 Å². The van der Waals surface area contributed by atoms with Crippen molar-refractivity contribution in [3.05, 3.63) is 22.7 Å². The topological polar surface area (TPSA) is 125 Å². The summed E-state index contributed by atoms with van der Waals surface area (Å²) in [6.45, 7) is 7.32. The summed E-state index contributed by atoms with van der Waals surface area (Å²) in [5, 5.41) is 11.2. The molecule has 2 heterocycles. The molecule has 0 radical (unpaired) electrons. The Morgan fingerprint density at radius 1 is 1.47 bits per heavy atom. The maximum Gasteiger partial charge on any atom is 0.351 e. The van der Waals surface area contributed by atoms with E-state index in [2.05, 4.69) is 10.3 Å². The number of nitrogens with zero attached hydrogens (tertiary/aromatic N) is 3. The lowest BCUT2D eigenvalue weighted by molar-refractivity contribution is -0.207. The van der Waals surface area contributed by atoms with Crippen molar-refractivity contribution in [1.82, 2.24) is 9.55 Å². The highest BCUT2D eigenvalue weighted by molar-refractivity contribution is 5.87. The Hall–Kier alpha value is -2.32. The van der Waals surface area contributed by atoms with Crippen molar-refractivity contribution in [2.45, 2.75) is 77.3 Å². The fraction of sp³-hybridized carbons (Fsp3) is 0.700. The number of carbonyl (C=O) groups excluding carboxylic acids is 1. The fourth-order valence-electron chi connectivity index (χ4n) is 3.67. The minimum absolute atomic E-state index is 0.167. The van der Waals surface area contributed by atoms with E-state index in [9.17, 15) is 9.59 Å². The minimum Gasteiger partial charge on any atom is -0.374 e. The van der Waals surface area contributed by atoms with Crippen LogP contribution in [0.15, 0.2) is 17.1 Å². The fourth-order valence-corrected chi connectivity index (χ4v) is 3.67. The van der Waals surface area contributed by atoms with Crippen LogP contribution in [-0.2, 0) is 23.7 Å². The first-order valence-electron chi connectivity index (χ1n) is 10.0. The third-order valence-electron chi connectivity index (χ3n) is 5.24. The Labute approximate surface area is 176 Å². The maximum absolute atomic E-state index is 12.6. The van der Waals surface area contributed by atoms with Gasteiger partial charge in [0.25, 0.3) is 0 Å². The van der Waals surface area contributed by atoms with Crippen molar-refractivity contribution in [2.75, 3.05) is 19.0 Å². The van der Waals surface area contributed by atoms with Gasteiger partial charge in [0.05, 0.1) is 24.7 Å². The molecule has 0 aliphatic carbocycles. The van der Waals surface area contributed by atoms with Gasteiger partial charge in [-0.1, -0.05) is 13.8 Å². The van der Waals surface area contributed by atoms with E-state index in [-0.39, 0.29) is 24.8 Å². The maximum atomic E-state index is 12.6. The number of rotatable bonds is 10. The highest BCUT2D eigenvalue weighted by Crippen LogP contribution is 2.44. The van der Waals surface area contributed by atoms with Crippen LogP contribution in [0.4, 0.5) is 5.82 Å². The number of amides is 1. The molecule has 1 amide bonds. The summed E-state index contributed by atoms with van der Waals surface area (Å²) in [5.41, 5.74) is -1.28. The Bertz CT molecular complexity index is 816. The zero-order valence-corrected chi connectivity index (χ0v) is 18.1. The monoisotopic (exact) mass is 422 g/mol. The predicted molar refractivity (Wildman–Crippen MR) is 108 cm³/mol. The van der Waals surface area contributed by atoms with Crippen LogP contribution >= 0.6 is 0 Å². The van der Waals surface area contributed by atoms with Crippen molar-refractivity contribution in [3.63, 3.8) is 0 Å². The quantitative estimate of drug-likeness (QED) is 0.448. The molecule has 2 unspecified atom stereocenters. The molecule has 1 aromatic rings. The van der Waals surface area contributed by atoms with Crippen LogP contribution in [-0.4, -0.2) is 53.3 Å². The van der Waals surface area contributed by atoms with Gasteiger partial charge in [0.15, 0.2) is 12.5 Å². The summed E-state index contributed by atoms with van der Waals surface area (Å²) < 4.78 is 25.1. The molecule has 4 atom stereocenters. The van der Waals surface area contributed by atoms with Gasteiger partial charge in [0.1, 0.15) is 18.0 Å². The molecule has 0 bridgehead atoms. The first-order chi connectivity index (χ1) is 14.3. The Balaban J connectivity index is 2.32. The van der Waals surface area contributed by atoms with E-state index in [0.717, 1.165) is 0 Å². The zero-order valence-electron chi connectivity index (χ0n) is 18.1. The van der Waals surface area contributed by atoms with Crippen LogP contribution < -0.4 is 11.0 Å². The van der Waals surface area contributed by atoms with Gasteiger partial charge in [0.2, 0.25) is 5.91 Å². The smallest absolute Gasteiger partial charge is 0.351 e. The second-order valence-corrected chi connectivity index (χ2v) is 7.07. The van der Waals surface area contributed by atoms with Crippen molar-refractivity contribution in [1.29, 1.82) is 5.26 Å². The number of nitriles is 1.